The lowest BCUT2D eigenvalue weighted by atomic mass is 9.45. The maximum Gasteiger partial charge on any atom is 0.335 e. The molecule has 1 aromatic rings. The molecular formula is C29H41NO4. The van der Waals surface area contributed by atoms with Crippen LogP contribution in [0, 0.1) is 51.8 Å². The Labute approximate surface area is 204 Å². The molecule has 10 atom stereocenters. The van der Waals surface area contributed by atoms with E-state index in [0.717, 1.165) is 23.7 Å². The lowest BCUT2D eigenvalue weighted by Gasteiger charge is -2.61. The second kappa shape index (κ2) is 7.69. The summed E-state index contributed by atoms with van der Waals surface area (Å²) in [4.78, 5) is 15.5. The molecule has 5 aliphatic rings. The van der Waals surface area contributed by atoms with E-state index in [-0.39, 0.29) is 5.56 Å². The standard InChI is InChI=1S/C29H41NO4/c1-17(16-34-25-13-18(26(31)32)9-12-30-25)21-5-6-22-20-14-24(33-4)29-15-19(29)7-11-28(29,3)23(20)8-10-27(21,22)2/h9,12-13,17,19-24H,5-8,10-11,14-16H2,1-4H3,(H,31,32)/t17-,19-,20+,21-,22+,23+,24?,27-,28-,29?/m1/s1. The monoisotopic (exact) mass is 467 g/mol. The fourth-order valence-electron chi connectivity index (χ4n) is 10.5. The van der Waals surface area contributed by atoms with Crippen molar-refractivity contribution in [1.29, 1.82) is 0 Å². The molecule has 0 aromatic carbocycles. The Bertz CT molecular complexity index is 981. The molecule has 5 saturated carbocycles. The molecule has 5 fully saturated rings. The minimum absolute atomic E-state index is 0.227. The van der Waals surface area contributed by atoms with Gasteiger partial charge in [-0.05, 0) is 104 Å². The Morgan fingerprint density at radius 3 is 2.76 bits per heavy atom. The summed E-state index contributed by atoms with van der Waals surface area (Å²) in [5.41, 5.74) is 1.56. The fourth-order valence-corrected chi connectivity index (χ4v) is 10.5. The molecule has 34 heavy (non-hydrogen) atoms. The van der Waals surface area contributed by atoms with Crippen LogP contribution in [-0.4, -0.2) is 35.9 Å². The van der Waals surface area contributed by atoms with Crippen LogP contribution in [0.15, 0.2) is 18.3 Å². The number of hydrogen-bond acceptors (Lipinski definition) is 4. The van der Waals surface area contributed by atoms with Crippen molar-refractivity contribution >= 4 is 5.97 Å². The Kier molecular flexibility index (Phi) is 5.16. The average molecular weight is 468 g/mol. The van der Waals surface area contributed by atoms with E-state index >= 15 is 0 Å². The molecule has 1 aromatic heterocycles. The first-order valence-corrected chi connectivity index (χ1v) is 13.6. The number of pyridine rings is 1. The third-order valence-corrected chi connectivity index (χ3v) is 12.1. The number of ether oxygens (including phenoxy) is 2. The third kappa shape index (κ3) is 2.94. The minimum Gasteiger partial charge on any atom is -0.478 e. The topological polar surface area (TPSA) is 68.7 Å². The normalized spacial score (nSPS) is 47.2. The summed E-state index contributed by atoms with van der Waals surface area (Å²) in [7, 11) is 1.97. The molecule has 0 saturated heterocycles. The van der Waals surface area contributed by atoms with Crippen LogP contribution in [0.3, 0.4) is 0 Å². The summed E-state index contributed by atoms with van der Waals surface area (Å²) < 4.78 is 12.3. The summed E-state index contributed by atoms with van der Waals surface area (Å²) in [6, 6.07) is 3.05. The maximum absolute atomic E-state index is 11.3. The summed E-state index contributed by atoms with van der Waals surface area (Å²) in [5.74, 6) is 3.93. The second-order valence-corrected chi connectivity index (χ2v) is 12.9. The van der Waals surface area contributed by atoms with E-state index in [1.807, 2.05) is 7.11 Å². The minimum atomic E-state index is -0.944. The van der Waals surface area contributed by atoms with Crippen molar-refractivity contribution in [3.63, 3.8) is 0 Å². The van der Waals surface area contributed by atoms with Crippen molar-refractivity contribution in [1.82, 2.24) is 4.98 Å². The van der Waals surface area contributed by atoms with Gasteiger partial charge in [0.05, 0.1) is 18.3 Å². The van der Waals surface area contributed by atoms with Gasteiger partial charge in [-0.3, -0.25) is 0 Å². The molecule has 6 rings (SSSR count). The number of aromatic nitrogens is 1. The summed E-state index contributed by atoms with van der Waals surface area (Å²) >= 11 is 0. The van der Waals surface area contributed by atoms with E-state index < -0.39 is 5.97 Å². The number of methoxy groups -OCH3 is 1. The molecule has 0 aliphatic heterocycles. The van der Waals surface area contributed by atoms with Crippen molar-refractivity contribution in [3.8, 4) is 5.88 Å². The van der Waals surface area contributed by atoms with Crippen LogP contribution in [0.1, 0.15) is 82.5 Å². The van der Waals surface area contributed by atoms with Crippen LogP contribution < -0.4 is 4.74 Å². The van der Waals surface area contributed by atoms with Crippen molar-refractivity contribution < 1.29 is 19.4 Å². The van der Waals surface area contributed by atoms with Crippen LogP contribution in [0.5, 0.6) is 5.88 Å². The molecule has 1 N–H and O–H groups in total. The van der Waals surface area contributed by atoms with Crippen molar-refractivity contribution in [2.45, 2.75) is 78.2 Å². The molecule has 0 amide bonds. The van der Waals surface area contributed by atoms with Gasteiger partial charge in [0.1, 0.15) is 0 Å². The Morgan fingerprint density at radius 2 is 2.03 bits per heavy atom. The third-order valence-electron chi connectivity index (χ3n) is 12.1. The van der Waals surface area contributed by atoms with Crippen LogP contribution >= 0.6 is 0 Å². The largest absolute Gasteiger partial charge is 0.478 e. The number of carboxylic acids is 1. The van der Waals surface area contributed by atoms with E-state index in [2.05, 4.69) is 25.8 Å². The molecule has 1 heterocycles. The van der Waals surface area contributed by atoms with Gasteiger partial charge in [-0.1, -0.05) is 20.8 Å². The quantitative estimate of drug-likeness (QED) is 0.549. The molecule has 186 valence electrons. The first kappa shape index (κ1) is 22.8. The zero-order chi connectivity index (χ0) is 23.9. The first-order chi connectivity index (χ1) is 16.2. The molecule has 5 aliphatic carbocycles. The molecule has 0 radical (unpaired) electrons. The smallest absolute Gasteiger partial charge is 0.335 e. The molecule has 1 spiro atoms. The molecular weight excluding hydrogens is 426 g/mol. The summed E-state index contributed by atoms with van der Waals surface area (Å²) in [6.45, 7) is 8.15. The molecule has 5 heteroatoms. The van der Waals surface area contributed by atoms with Gasteiger partial charge in [-0.15, -0.1) is 0 Å². The highest BCUT2D eigenvalue weighted by molar-refractivity contribution is 5.87. The van der Waals surface area contributed by atoms with Gasteiger partial charge in [-0.2, -0.15) is 0 Å². The lowest BCUT2D eigenvalue weighted by molar-refractivity contribution is -0.161. The number of hydrogen-bond donors (Lipinski definition) is 1. The zero-order valence-electron chi connectivity index (χ0n) is 21.3. The van der Waals surface area contributed by atoms with E-state index in [0.29, 0.717) is 46.7 Å². The first-order valence-electron chi connectivity index (χ1n) is 13.6. The lowest BCUT2D eigenvalue weighted by Crippen LogP contribution is -2.57. The van der Waals surface area contributed by atoms with Gasteiger partial charge in [0.15, 0.2) is 0 Å². The van der Waals surface area contributed by atoms with Crippen molar-refractivity contribution in [2.24, 2.45) is 51.8 Å². The van der Waals surface area contributed by atoms with Gasteiger partial charge in [-0.25, -0.2) is 9.78 Å². The maximum atomic E-state index is 11.3. The number of rotatable bonds is 6. The number of fused-ring (bicyclic) bond motifs is 4. The van der Waals surface area contributed by atoms with Crippen LogP contribution in [-0.2, 0) is 4.74 Å². The highest BCUT2D eigenvalue weighted by atomic mass is 16.5. The fraction of sp³-hybridized carbons (Fsp3) is 0.793. The predicted molar refractivity (Wildman–Crippen MR) is 130 cm³/mol. The van der Waals surface area contributed by atoms with Gasteiger partial charge < -0.3 is 14.6 Å². The molecule has 2 unspecified atom stereocenters. The van der Waals surface area contributed by atoms with Crippen molar-refractivity contribution in [2.75, 3.05) is 13.7 Å². The highest BCUT2D eigenvalue weighted by Gasteiger charge is 2.77. The van der Waals surface area contributed by atoms with Gasteiger partial charge >= 0.3 is 5.97 Å². The zero-order valence-corrected chi connectivity index (χ0v) is 21.3. The highest BCUT2D eigenvalue weighted by Crippen LogP contribution is 2.82. The number of nitrogens with zero attached hydrogens (tertiary/aromatic N) is 1. The van der Waals surface area contributed by atoms with Gasteiger partial charge in [0, 0.05) is 24.8 Å². The number of carboxylic acid groups (broad SMARTS) is 1. The van der Waals surface area contributed by atoms with E-state index in [9.17, 15) is 9.90 Å². The van der Waals surface area contributed by atoms with Crippen LogP contribution in [0.4, 0.5) is 0 Å². The number of aromatic carboxylic acids is 1. The molecule has 0 bridgehead atoms. The predicted octanol–water partition coefficient (Wildman–Crippen LogP) is 6.08. The van der Waals surface area contributed by atoms with E-state index in [1.165, 1.54) is 69.7 Å². The van der Waals surface area contributed by atoms with Crippen LogP contribution in [0.25, 0.3) is 0 Å². The summed E-state index contributed by atoms with van der Waals surface area (Å²) in [6.07, 6.45) is 12.8. The van der Waals surface area contributed by atoms with Crippen LogP contribution in [0.2, 0.25) is 0 Å². The second-order valence-electron chi connectivity index (χ2n) is 12.9. The molecule has 5 nitrogen and oxygen atoms in total. The van der Waals surface area contributed by atoms with Gasteiger partial charge in [0.2, 0.25) is 5.88 Å². The summed E-state index contributed by atoms with van der Waals surface area (Å²) in [5, 5.41) is 9.26. The Balaban J connectivity index is 1.18. The Morgan fingerprint density at radius 1 is 1.21 bits per heavy atom. The number of carbonyl (C=O) groups is 1. The van der Waals surface area contributed by atoms with Crippen molar-refractivity contribution in [3.05, 3.63) is 23.9 Å². The average Bonchev–Trinajstić information content (AvgIpc) is 3.33. The van der Waals surface area contributed by atoms with E-state index in [1.54, 1.807) is 0 Å². The Hall–Kier alpha value is -1.62. The van der Waals surface area contributed by atoms with Gasteiger partial charge in [0.25, 0.3) is 0 Å². The SMILES string of the molecule is COC1C[C@H]2[C@@H]3CC[C@H]([C@H](C)COc4cc(C(=O)O)ccn4)[C@@]3(C)CC[C@@H]2[C@@]2(C)CC[C@@H]3CC132. The van der Waals surface area contributed by atoms with E-state index in [4.69, 9.17) is 9.47 Å².